The lowest BCUT2D eigenvalue weighted by Crippen LogP contribution is -2.39. The third-order valence-electron chi connectivity index (χ3n) is 2.66. The molecule has 0 amide bonds. The maximum Gasteiger partial charge on any atom is 0.164 e. The van der Waals surface area contributed by atoms with Crippen LogP contribution in [0.2, 0.25) is 0 Å². The van der Waals surface area contributed by atoms with Crippen molar-refractivity contribution in [2.45, 2.75) is 25.4 Å². The minimum Gasteiger partial charge on any atom is -0.454 e. The summed E-state index contributed by atoms with van der Waals surface area (Å²) in [5, 5.41) is 3.23. The number of furan rings is 1. The first-order chi connectivity index (χ1) is 7.55. The summed E-state index contributed by atoms with van der Waals surface area (Å²) in [5.74, 6) is 1.45. The van der Waals surface area contributed by atoms with Crippen molar-refractivity contribution < 1.29 is 12.8 Å². The third kappa shape index (κ3) is 3.46. The molecule has 0 aliphatic carbocycles. The average Bonchev–Trinajstić information content (AvgIpc) is 2.60. The number of rotatable bonds is 3. The molecule has 0 bridgehead atoms. The summed E-state index contributed by atoms with van der Waals surface area (Å²) in [6.45, 7) is 0.600. The molecule has 6 heteroatoms. The van der Waals surface area contributed by atoms with Crippen LogP contribution in [0.4, 0.5) is 0 Å². The van der Waals surface area contributed by atoms with Crippen molar-refractivity contribution in [3.63, 3.8) is 0 Å². The molecule has 90 valence electrons. The lowest BCUT2D eigenvalue weighted by atomic mass is 10.2. The fourth-order valence-electron chi connectivity index (χ4n) is 1.88. The molecule has 1 fully saturated rings. The van der Waals surface area contributed by atoms with E-state index in [2.05, 4.69) is 27.9 Å². The standard InChI is InChI=1S/C10H14INO3S/c11-10-4-3-9(15-10)6-12-8-2-1-5-16(13,14)7-8/h3-4,8,12H,1-2,5-7H2. The molecule has 1 atom stereocenters. The van der Waals surface area contributed by atoms with Crippen molar-refractivity contribution in [2.24, 2.45) is 0 Å². The van der Waals surface area contributed by atoms with E-state index in [9.17, 15) is 8.42 Å². The van der Waals surface area contributed by atoms with Gasteiger partial charge in [-0.3, -0.25) is 0 Å². The molecule has 1 aromatic heterocycles. The molecular weight excluding hydrogens is 341 g/mol. The molecule has 1 aliphatic rings. The highest BCUT2D eigenvalue weighted by molar-refractivity contribution is 14.1. The van der Waals surface area contributed by atoms with Crippen molar-refractivity contribution in [1.29, 1.82) is 0 Å². The Balaban J connectivity index is 1.86. The average molecular weight is 355 g/mol. The summed E-state index contributed by atoms with van der Waals surface area (Å²) in [4.78, 5) is 0. The Hall–Kier alpha value is -0.0800. The SMILES string of the molecule is O=S1(=O)CCCC(NCc2ccc(I)o2)C1. The van der Waals surface area contributed by atoms with Crippen LogP contribution in [0.1, 0.15) is 18.6 Å². The van der Waals surface area contributed by atoms with Crippen LogP contribution >= 0.6 is 22.6 Å². The molecule has 0 radical (unpaired) electrons. The van der Waals surface area contributed by atoms with Crippen LogP contribution in [0.5, 0.6) is 0 Å². The van der Waals surface area contributed by atoms with E-state index in [-0.39, 0.29) is 11.8 Å². The van der Waals surface area contributed by atoms with Gasteiger partial charge in [-0.2, -0.15) is 0 Å². The largest absolute Gasteiger partial charge is 0.454 e. The number of hydrogen-bond donors (Lipinski definition) is 1. The Kier molecular flexibility index (Phi) is 3.91. The van der Waals surface area contributed by atoms with Crippen LogP contribution in [-0.4, -0.2) is 26.0 Å². The van der Waals surface area contributed by atoms with E-state index in [1.54, 1.807) is 0 Å². The highest BCUT2D eigenvalue weighted by Crippen LogP contribution is 2.14. The first kappa shape index (κ1) is 12.4. The van der Waals surface area contributed by atoms with E-state index in [1.807, 2.05) is 12.1 Å². The Morgan fingerprint density at radius 2 is 2.31 bits per heavy atom. The van der Waals surface area contributed by atoms with Crippen LogP contribution in [0.3, 0.4) is 0 Å². The van der Waals surface area contributed by atoms with Gasteiger partial charge in [-0.25, -0.2) is 8.42 Å². The zero-order valence-corrected chi connectivity index (χ0v) is 11.8. The zero-order valence-electron chi connectivity index (χ0n) is 8.78. The maximum atomic E-state index is 11.4. The number of sulfone groups is 1. The molecule has 1 unspecified atom stereocenters. The van der Waals surface area contributed by atoms with Crippen LogP contribution in [0, 0.1) is 3.77 Å². The quantitative estimate of drug-likeness (QED) is 0.836. The van der Waals surface area contributed by atoms with Gasteiger partial charge in [0.25, 0.3) is 0 Å². The van der Waals surface area contributed by atoms with Crippen molar-refractivity contribution in [3.05, 3.63) is 21.7 Å². The molecule has 0 saturated carbocycles. The monoisotopic (exact) mass is 355 g/mol. The molecule has 4 nitrogen and oxygen atoms in total. The van der Waals surface area contributed by atoms with Crippen LogP contribution in [0.25, 0.3) is 0 Å². The Labute approximate surface area is 109 Å². The van der Waals surface area contributed by atoms with Gasteiger partial charge in [0.1, 0.15) is 5.76 Å². The van der Waals surface area contributed by atoms with Crippen LogP contribution < -0.4 is 5.32 Å². The maximum absolute atomic E-state index is 11.4. The molecule has 2 heterocycles. The second-order valence-corrected chi connectivity index (χ2v) is 7.33. The Morgan fingerprint density at radius 1 is 1.50 bits per heavy atom. The van der Waals surface area contributed by atoms with Gasteiger partial charge in [0.05, 0.1) is 18.1 Å². The van der Waals surface area contributed by atoms with Crippen molar-refractivity contribution in [1.82, 2.24) is 5.32 Å². The fraction of sp³-hybridized carbons (Fsp3) is 0.600. The minimum atomic E-state index is -2.83. The van der Waals surface area contributed by atoms with E-state index in [0.717, 1.165) is 22.4 Å². The normalized spacial score (nSPS) is 24.4. The van der Waals surface area contributed by atoms with Gasteiger partial charge in [0.15, 0.2) is 13.6 Å². The predicted molar refractivity (Wildman–Crippen MR) is 69.9 cm³/mol. The predicted octanol–water partition coefficient (Wildman–Crippen LogP) is 1.55. The van der Waals surface area contributed by atoms with E-state index >= 15 is 0 Å². The van der Waals surface area contributed by atoms with E-state index < -0.39 is 9.84 Å². The van der Waals surface area contributed by atoms with Gasteiger partial charge < -0.3 is 9.73 Å². The highest BCUT2D eigenvalue weighted by Gasteiger charge is 2.24. The molecule has 0 spiro atoms. The van der Waals surface area contributed by atoms with Gasteiger partial charge in [0.2, 0.25) is 0 Å². The molecule has 1 aliphatic heterocycles. The summed E-state index contributed by atoms with van der Waals surface area (Å²) in [6, 6.07) is 3.88. The summed E-state index contributed by atoms with van der Waals surface area (Å²) >= 11 is 2.11. The van der Waals surface area contributed by atoms with Crippen molar-refractivity contribution >= 4 is 32.4 Å². The van der Waals surface area contributed by atoms with E-state index in [0.29, 0.717) is 12.3 Å². The fourth-order valence-corrected chi connectivity index (χ4v) is 4.01. The highest BCUT2D eigenvalue weighted by atomic mass is 127. The summed E-state index contributed by atoms with van der Waals surface area (Å²) in [6.07, 6.45) is 1.69. The molecule has 0 aromatic carbocycles. The summed E-state index contributed by atoms with van der Waals surface area (Å²) in [7, 11) is -2.83. The molecule has 2 rings (SSSR count). The molecular formula is C10H14INO3S. The molecule has 1 N–H and O–H groups in total. The lowest BCUT2D eigenvalue weighted by molar-refractivity contribution is 0.423. The number of nitrogens with one attached hydrogen (secondary N) is 1. The van der Waals surface area contributed by atoms with Crippen molar-refractivity contribution in [3.8, 4) is 0 Å². The molecule has 16 heavy (non-hydrogen) atoms. The van der Waals surface area contributed by atoms with Gasteiger partial charge in [-0.1, -0.05) is 0 Å². The van der Waals surface area contributed by atoms with Gasteiger partial charge in [0, 0.05) is 6.04 Å². The number of halogens is 1. The molecule has 1 saturated heterocycles. The Bertz CT molecular complexity index is 454. The van der Waals surface area contributed by atoms with Gasteiger partial charge >= 0.3 is 0 Å². The topological polar surface area (TPSA) is 59.3 Å². The Morgan fingerprint density at radius 3 is 2.94 bits per heavy atom. The van der Waals surface area contributed by atoms with Crippen molar-refractivity contribution in [2.75, 3.05) is 11.5 Å². The third-order valence-corrected chi connectivity index (χ3v) is 5.06. The smallest absolute Gasteiger partial charge is 0.164 e. The van der Waals surface area contributed by atoms with Gasteiger partial charge in [-0.05, 0) is 47.6 Å². The first-order valence-corrected chi connectivity index (χ1v) is 8.13. The second-order valence-electron chi connectivity index (χ2n) is 4.04. The summed E-state index contributed by atoms with van der Waals surface area (Å²) in [5.41, 5.74) is 0. The van der Waals surface area contributed by atoms with Gasteiger partial charge in [-0.15, -0.1) is 0 Å². The lowest BCUT2D eigenvalue weighted by Gasteiger charge is -2.22. The number of hydrogen-bond acceptors (Lipinski definition) is 4. The second kappa shape index (κ2) is 5.05. The zero-order chi connectivity index (χ0) is 11.6. The minimum absolute atomic E-state index is 0.0708. The summed E-state index contributed by atoms with van der Waals surface area (Å²) < 4.78 is 29.1. The molecule has 1 aromatic rings. The van der Waals surface area contributed by atoms with E-state index in [1.165, 1.54) is 0 Å². The van der Waals surface area contributed by atoms with Crippen LogP contribution in [-0.2, 0) is 16.4 Å². The van der Waals surface area contributed by atoms with Crippen LogP contribution in [0.15, 0.2) is 16.5 Å². The first-order valence-electron chi connectivity index (χ1n) is 5.23. The van der Waals surface area contributed by atoms with E-state index in [4.69, 9.17) is 4.42 Å².